The van der Waals surface area contributed by atoms with Crippen LogP contribution in [0.15, 0.2) is 23.3 Å². The van der Waals surface area contributed by atoms with Gasteiger partial charge < -0.3 is 5.73 Å². The molecule has 0 bridgehead atoms. The average molecular weight is 247 g/mol. The summed E-state index contributed by atoms with van der Waals surface area (Å²) < 4.78 is 0. The van der Waals surface area contributed by atoms with E-state index in [1.165, 1.54) is 24.3 Å². The highest BCUT2D eigenvalue weighted by molar-refractivity contribution is 6.44. The molecule has 1 rings (SSSR count). The normalized spacial score (nSPS) is 10.6. The van der Waals surface area contributed by atoms with E-state index in [1.54, 1.807) is 6.92 Å². The summed E-state index contributed by atoms with van der Waals surface area (Å²) in [5, 5.41) is 22.7. The standard InChI is InChI=1S/C10H9N5O3/c1-6-2-3-7(4-9(6)15(17)18)13-14-8(5-11)10(12)16/h2-4,13H,1H3,(H2,12,16)/b14-8-. The highest BCUT2D eigenvalue weighted by Gasteiger charge is 2.11. The first-order valence-corrected chi connectivity index (χ1v) is 4.74. The maximum absolute atomic E-state index is 10.7. The maximum atomic E-state index is 10.7. The lowest BCUT2D eigenvalue weighted by Crippen LogP contribution is -2.22. The molecule has 1 amide bonds. The Kier molecular flexibility index (Phi) is 3.93. The SMILES string of the molecule is Cc1ccc(N/N=C(/C#N)C(N)=O)cc1[N+](=O)[O-]. The van der Waals surface area contributed by atoms with Gasteiger partial charge in [-0.25, -0.2) is 0 Å². The molecule has 0 spiro atoms. The number of nitrogens with one attached hydrogen (secondary N) is 1. The van der Waals surface area contributed by atoms with Gasteiger partial charge in [0.1, 0.15) is 6.07 Å². The Morgan fingerprint density at radius 1 is 1.61 bits per heavy atom. The summed E-state index contributed by atoms with van der Waals surface area (Å²) in [4.78, 5) is 20.9. The Morgan fingerprint density at radius 3 is 2.78 bits per heavy atom. The van der Waals surface area contributed by atoms with E-state index < -0.39 is 16.5 Å². The largest absolute Gasteiger partial charge is 0.364 e. The molecular weight excluding hydrogens is 238 g/mol. The number of nitriles is 1. The molecule has 0 atom stereocenters. The molecule has 0 saturated heterocycles. The summed E-state index contributed by atoms with van der Waals surface area (Å²) in [6.07, 6.45) is 0. The fourth-order valence-corrected chi connectivity index (χ4v) is 1.13. The van der Waals surface area contributed by atoms with Crippen LogP contribution in [0.1, 0.15) is 5.56 Å². The number of anilines is 1. The van der Waals surface area contributed by atoms with E-state index >= 15 is 0 Å². The Morgan fingerprint density at radius 2 is 2.28 bits per heavy atom. The van der Waals surface area contributed by atoms with Crippen molar-refractivity contribution in [2.75, 3.05) is 5.43 Å². The highest BCUT2D eigenvalue weighted by Crippen LogP contribution is 2.22. The van der Waals surface area contributed by atoms with Crippen LogP contribution in [0.5, 0.6) is 0 Å². The minimum absolute atomic E-state index is 0.0900. The number of carbonyl (C=O) groups excluding carboxylic acids is 1. The molecule has 0 heterocycles. The predicted molar refractivity (Wildman–Crippen MR) is 63.7 cm³/mol. The number of rotatable bonds is 4. The number of hydrogen-bond donors (Lipinski definition) is 2. The summed E-state index contributed by atoms with van der Waals surface area (Å²) in [6.45, 7) is 1.59. The van der Waals surface area contributed by atoms with Crippen molar-refractivity contribution >= 4 is 23.0 Å². The fourth-order valence-electron chi connectivity index (χ4n) is 1.13. The molecule has 0 fully saturated rings. The third-order valence-corrected chi connectivity index (χ3v) is 2.04. The summed E-state index contributed by atoms with van der Waals surface area (Å²) in [5.41, 5.74) is 7.40. The van der Waals surface area contributed by atoms with Crippen LogP contribution in [-0.4, -0.2) is 16.5 Å². The molecule has 1 aromatic rings. The maximum Gasteiger partial charge on any atom is 0.280 e. The van der Waals surface area contributed by atoms with Crippen LogP contribution in [0.25, 0.3) is 0 Å². The topological polar surface area (TPSA) is 134 Å². The van der Waals surface area contributed by atoms with Crippen molar-refractivity contribution in [1.29, 1.82) is 5.26 Å². The summed E-state index contributed by atoms with van der Waals surface area (Å²) in [5.74, 6) is -0.980. The van der Waals surface area contributed by atoms with E-state index in [-0.39, 0.29) is 11.4 Å². The van der Waals surface area contributed by atoms with Gasteiger partial charge >= 0.3 is 0 Å². The first-order chi connectivity index (χ1) is 8.45. The average Bonchev–Trinajstić information content (AvgIpc) is 2.31. The molecule has 3 N–H and O–H groups in total. The summed E-state index contributed by atoms with van der Waals surface area (Å²) >= 11 is 0. The van der Waals surface area contributed by atoms with E-state index in [0.29, 0.717) is 5.56 Å². The van der Waals surface area contributed by atoms with Crippen LogP contribution < -0.4 is 11.2 Å². The summed E-state index contributed by atoms with van der Waals surface area (Å²) in [7, 11) is 0. The number of carbonyl (C=O) groups is 1. The van der Waals surface area contributed by atoms with Crippen LogP contribution in [0.3, 0.4) is 0 Å². The third kappa shape index (κ3) is 3.02. The molecule has 0 aliphatic rings. The second-order valence-corrected chi connectivity index (χ2v) is 3.31. The lowest BCUT2D eigenvalue weighted by atomic mass is 10.2. The van der Waals surface area contributed by atoms with E-state index in [2.05, 4.69) is 10.5 Å². The van der Waals surface area contributed by atoms with Gasteiger partial charge in [0, 0.05) is 11.6 Å². The zero-order valence-electron chi connectivity index (χ0n) is 9.38. The molecule has 0 saturated carbocycles. The van der Waals surface area contributed by atoms with Gasteiger partial charge in [-0.3, -0.25) is 20.3 Å². The van der Waals surface area contributed by atoms with Crippen LogP contribution in [0.4, 0.5) is 11.4 Å². The van der Waals surface area contributed by atoms with Gasteiger partial charge in [0.15, 0.2) is 0 Å². The van der Waals surface area contributed by atoms with Crippen molar-refractivity contribution in [3.63, 3.8) is 0 Å². The number of nitrogens with zero attached hydrogens (tertiary/aromatic N) is 3. The van der Waals surface area contributed by atoms with E-state index in [0.717, 1.165) is 0 Å². The number of hydrogen-bond acceptors (Lipinski definition) is 6. The van der Waals surface area contributed by atoms with Crippen LogP contribution in [0, 0.1) is 28.4 Å². The van der Waals surface area contributed by atoms with E-state index in [1.807, 2.05) is 0 Å². The van der Waals surface area contributed by atoms with Gasteiger partial charge in [-0.15, -0.1) is 0 Å². The van der Waals surface area contributed by atoms with Crippen LogP contribution in [-0.2, 0) is 4.79 Å². The molecule has 0 aliphatic carbocycles. The molecule has 18 heavy (non-hydrogen) atoms. The van der Waals surface area contributed by atoms with Crippen molar-refractivity contribution in [1.82, 2.24) is 0 Å². The second-order valence-electron chi connectivity index (χ2n) is 3.31. The zero-order chi connectivity index (χ0) is 13.7. The minimum Gasteiger partial charge on any atom is -0.364 e. The van der Waals surface area contributed by atoms with Gasteiger partial charge in [0.25, 0.3) is 11.6 Å². The monoisotopic (exact) mass is 247 g/mol. The minimum atomic E-state index is -0.980. The molecule has 0 radical (unpaired) electrons. The number of primary amides is 1. The smallest absolute Gasteiger partial charge is 0.280 e. The van der Waals surface area contributed by atoms with Crippen molar-refractivity contribution in [3.05, 3.63) is 33.9 Å². The van der Waals surface area contributed by atoms with Crippen molar-refractivity contribution < 1.29 is 9.72 Å². The lowest BCUT2D eigenvalue weighted by molar-refractivity contribution is -0.385. The Labute approximate surface area is 102 Å². The number of amides is 1. The van der Waals surface area contributed by atoms with Gasteiger partial charge in [0.05, 0.1) is 10.6 Å². The molecule has 92 valence electrons. The Balaban J connectivity index is 3.00. The predicted octanol–water partition coefficient (Wildman–Crippen LogP) is 0.680. The molecule has 0 unspecified atom stereocenters. The van der Waals surface area contributed by atoms with Crippen molar-refractivity contribution in [2.45, 2.75) is 6.92 Å². The van der Waals surface area contributed by atoms with Crippen molar-refractivity contribution in [3.8, 4) is 6.07 Å². The molecule has 8 heteroatoms. The molecular formula is C10H9N5O3. The summed E-state index contributed by atoms with van der Waals surface area (Å²) in [6, 6.07) is 5.79. The Bertz CT molecular complexity index is 573. The lowest BCUT2D eigenvalue weighted by Gasteiger charge is -2.02. The number of hydrazone groups is 1. The first-order valence-electron chi connectivity index (χ1n) is 4.74. The quantitative estimate of drug-likeness (QED) is 0.458. The van der Waals surface area contributed by atoms with Gasteiger partial charge in [-0.1, -0.05) is 6.07 Å². The zero-order valence-corrected chi connectivity index (χ0v) is 9.38. The fraction of sp³-hybridized carbons (Fsp3) is 0.100. The first kappa shape index (κ1) is 13.1. The third-order valence-electron chi connectivity index (χ3n) is 2.04. The van der Waals surface area contributed by atoms with Gasteiger partial charge in [-0.05, 0) is 13.0 Å². The highest BCUT2D eigenvalue weighted by atomic mass is 16.6. The van der Waals surface area contributed by atoms with E-state index in [4.69, 9.17) is 11.0 Å². The second kappa shape index (κ2) is 5.40. The van der Waals surface area contributed by atoms with E-state index in [9.17, 15) is 14.9 Å². The number of nitro benzene ring substituents is 1. The molecule has 1 aromatic carbocycles. The van der Waals surface area contributed by atoms with Crippen LogP contribution >= 0.6 is 0 Å². The molecule has 8 nitrogen and oxygen atoms in total. The van der Waals surface area contributed by atoms with Gasteiger partial charge in [-0.2, -0.15) is 10.4 Å². The Hall–Kier alpha value is -2.95. The molecule has 0 aromatic heterocycles. The molecule has 0 aliphatic heterocycles. The number of nitro groups is 1. The number of nitrogens with two attached hydrogens (primary N) is 1. The number of aryl methyl sites for hydroxylation is 1. The number of benzene rings is 1. The van der Waals surface area contributed by atoms with Gasteiger partial charge in [0.2, 0.25) is 5.71 Å². The van der Waals surface area contributed by atoms with Crippen molar-refractivity contribution in [2.24, 2.45) is 10.8 Å². The van der Waals surface area contributed by atoms with Crippen LogP contribution in [0.2, 0.25) is 0 Å².